The summed E-state index contributed by atoms with van der Waals surface area (Å²) < 4.78 is 5.70. The average Bonchev–Trinajstić information content (AvgIpc) is 2.98. The Kier molecular flexibility index (Phi) is 3.11. The number of hydrogen-bond donors (Lipinski definition) is 2. The number of hydrogen-bond acceptors (Lipinski definition) is 3. The summed E-state index contributed by atoms with van der Waals surface area (Å²) in [5.74, 6) is 0.673. The number of furan rings is 1. The maximum absolute atomic E-state index is 11.6. The lowest BCUT2D eigenvalue weighted by Gasteiger charge is -2.10. The van der Waals surface area contributed by atoms with E-state index < -0.39 is 0 Å². The van der Waals surface area contributed by atoms with Gasteiger partial charge in [0.25, 0.3) is 5.91 Å². The summed E-state index contributed by atoms with van der Waals surface area (Å²) in [4.78, 5) is 11.6. The number of nitrogens with one attached hydrogen (secondary N) is 1. The summed E-state index contributed by atoms with van der Waals surface area (Å²) in [6.45, 7) is 0.511. The van der Waals surface area contributed by atoms with E-state index in [0.717, 1.165) is 0 Å². The quantitative estimate of drug-likeness (QED) is 0.873. The second-order valence-electron chi connectivity index (χ2n) is 3.81. The lowest BCUT2D eigenvalue weighted by molar-refractivity contribution is 0.0921. The fourth-order valence-electron chi connectivity index (χ4n) is 1.44. The molecule has 3 N–H and O–H groups in total. The van der Waals surface area contributed by atoms with Crippen molar-refractivity contribution in [3.63, 3.8) is 0 Å². The SMILES string of the molecule is NC(CNC(=O)c1occc1Br)C1CC1. The predicted octanol–water partition coefficient (Wildman–Crippen LogP) is 1.51. The lowest BCUT2D eigenvalue weighted by atomic mass is 10.2. The molecule has 0 radical (unpaired) electrons. The standard InChI is InChI=1S/C10H13BrN2O2/c11-7-3-4-15-9(7)10(14)13-5-8(12)6-1-2-6/h3-4,6,8H,1-2,5,12H2,(H,13,14). The van der Waals surface area contributed by atoms with Crippen molar-refractivity contribution in [3.05, 3.63) is 22.6 Å². The maximum Gasteiger partial charge on any atom is 0.288 e. The van der Waals surface area contributed by atoms with Gasteiger partial charge in [-0.15, -0.1) is 0 Å². The van der Waals surface area contributed by atoms with E-state index in [-0.39, 0.29) is 11.9 Å². The molecule has 1 amide bonds. The fourth-order valence-corrected chi connectivity index (χ4v) is 1.82. The molecule has 15 heavy (non-hydrogen) atoms. The third-order valence-corrected chi connectivity index (χ3v) is 3.17. The number of rotatable bonds is 4. The first kappa shape index (κ1) is 10.7. The van der Waals surface area contributed by atoms with E-state index >= 15 is 0 Å². The summed E-state index contributed by atoms with van der Waals surface area (Å²) in [6.07, 6.45) is 3.84. The molecular weight excluding hydrogens is 260 g/mol. The molecule has 0 aromatic carbocycles. The van der Waals surface area contributed by atoms with Gasteiger partial charge in [-0.05, 0) is 40.8 Å². The highest BCUT2D eigenvalue weighted by molar-refractivity contribution is 9.10. The van der Waals surface area contributed by atoms with E-state index in [0.29, 0.717) is 22.7 Å². The Morgan fingerprint density at radius 2 is 2.47 bits per heavy atom. The highest BCUT2D eigenvalue weighted by atomic mass is 79.9. The topological polar surface area (TPSA) is 68.3 Å². The Balaban J connectivity index is 1.84. The van der Waals surface area contributed by atoms with Gasteiger partial charge in [-0.2, -0.15) is 0 Å². The van der Waals surface area contributed by atoms with E-state index in [1.807, 2.05) is 0 Å². The van der Waals surface area contributed by atoms with Gasteiger partial charge in [0.1, 0.15) is 0 Å². The molecule has 1 fully saturated rings. The van der Waals surface area contributed by atoms with Gasteiger partial charge >= 0.3 is 0 Å². The molecule has 1 heterocycles. The molecule has 1 aromatic heterocycles. The van der Waals surface area contributed by atoms with Crippen LogP contribution in [0.5, 0.6) is 0 Å². The summed E-state index contributed by atoms with van der Waals surface area (Å²) >= 11 is 3.23. The van der Waals surface area contributed by atoms with E-state index in [4.69, 9.17) is 10.2 Å². The van der Waals surface area contributed by atoms with Crippen molar-refractivity contribution in [1.82, 2.24) is 5.32 Å². The molecule has 0 saturated heterocycles. The number of carbonyl (C=O) groups is 1. The fraction of sp³-hybridized carbons (Fsp3) is 0.500. The predicted molar refractivity (Wildman–Crippen MR) is 59.4 cm³/mol. The van der Waals surface area contributed by atoms with Crippen LogP contribution in [-0.4, -0.2) is 18.5 Å². The van der Waals surface area contributed by atoms with Crippen molar-refractivity contribution in [1.29, 1.82) is 0 Å². The average molecular weight is 273 g/mol. The molecule has 1 atom stereocenters. The molecule has 0 bridgehead atoms. The monoisotopic (exact) mass is 272 g/mol. The second-order valence-corrected chi connectivity index (χ2v) is 4.66. The van der Waals surface area contributed by atoms with Crippen LogP contribution < -0.4 is 11.1 Å². The minimum atomic E-state index is -0.219. The van der Waals surface area contributed by atoms with Crippen LogP contribution in [-0.2, 0) is 0 Å². The van der Waals surface area contributed by atoms with Gasteiger partial charge in [0.2, 0.25) is 5.76 Å². The van der Waals surface area contributed by atoms with Crippen LogP contribution in [0.4, 0.5) is 0 Å². The van der Waals surface area contributed by atoms with Crippen molar-refractivity contribution < 1.29 is 9.21 Å². The first-order chi connectivity index (χ1) is 7.18. The molecule has 1 aliphatic carbocycles. The van der Waals surface area contributed by atoms with Gasteiger partial charge in [-0.25, -0.2) is 0 Å². The van der Waals surface area contributed by atoms with Gasteiger partial charge in [-0.3, -0.25) is 4.79 Å². The zero-order chi connectivity index (χ0) is 10.8. The highest BCUT2D eigenvalue weighted by Gasteiger charge is 2.28. The summed E-state index contributed by atoms with van der Waals surface area (Å²) in [5, 5.41) is 2.76. The second kappa shape index (κ2) is 4.37. The maximum atomic E-state index is 11.6. The first-order valence-electron chi connectivity index (χ1n) is 4.95. The molecule has 5 heteroatoms. The molecule has 1 aliphatic rings. The van der Waals surface area contributed by atoms with Gasteiger partial charge in [0.15, 0.2) is 0 Å². The minimum absolute atomic E-state index is 0.0719. The number of amides is 1. The molecule has 0 spiro atoms. The Morgan fingerprint density at radius 3 is 3.00 bits per heavy atom. The van der Waals surface area contributed by atoms with Gasteiger partial charge in [-0.1, -0.05) is 0 Å². The Morgan fingerprint density at radius 1 is 1.73 bits per heavy atom. The minimum Gasteiger partial charge on any atom is -0.458 e. The zero-order valence-corrected chi connectivity index (χ0v) is 9.79. The van der Waals surface area contributed by atoms with Crippen LogP contribution in [0.1, 0.15) is 23.4 Å². The van der Waals surface area contributed by atoms with Crippen molar-refractivity contribution in [2.45, 2.75) is 18.9 Å². The zero-order valence-electron chi connectivity index (χ0n) is 8.20. The van der Waals surface area contributed by atoms with Crippen molar-refractivity contribution in [2.24, 2.45) is 11.7 Å². The van der Waals surface area contributed by atoms with Crippen molar-refractivity contribution in [2.75, 3.05) is 6.54 Å². The van der Waals surface area contributed by atoms with Gasteiger partial charge in [0, 0.05) is 12.6 Å². The van der Waals surface area contributed by atoms with E-state index in [2.05, 4.69) is 21.2 Å². The van der Waals surface area contributed by atoms with Gasteiger partial charge < -0.3 is 15.5 Å². The Bertz CT molecular complexity index is 360. The normalized spacial score (nSPS) is 17.5. The number of carbonyl (C=O) groups excluding carboxylic acids is 1. The van der Waals surface area contributed by atoms with Crippen LogP contribution in [0.15, 0.2) is 21.2 Å². The largest absolute Gasteiger partial charge is 0.458 e. The third kappa shape index (κ3) is 2.60. The van der Waals surface area contributed by atoms with Crippen LogP contribution in [0.3, 0.4) is 0 Å². The summed E-state index contributed by atoms with van der Waals surface area (Å²) in [7, 11) is 0. The smallest absolute Gasteiger partial charge is 0.288 e. The molecule has 1 aromatic rings. The number of nitrogens with two attached hydrogens (primary N) is 1. The Labute approximate surface area is 96.3 Å². The van der Waals surface area contributed by atoms with Crippen LogP contribution >= 0.6 is 15.9 Å². The molecule has 1 saturated carbocycles. The molecule has 0 aliphatic heterocycles. The number of halogens is 1. The third-order valence-electron chi connectivity index (χ3n) is 2.55. The summed E-state index contributed by atoms with van der Waals surface area (Å²) in [5.41, 5.74) is 5.86. The van der Waals surface area contributed by atoms with Gasteiger partial charge in [0.05, 0.1) is 10.7 Å². The molecule has 1 unspecified atom stereocenters. The van der Waals surface area contributed by atoms with Crippen LogP contribution in [0.25, 0.3) is 0 Å². The first-order valence-corrected chi connectivity index (χ1v) is 5.74. The molecule has 2 rings (SSSR count). The summed E-state index contributed by atoms with van der Waals surface area (Å²) in [6, 6.07) is 1.76. The van der Waals surface area contributed by atoms with Crippen molar-refractivity contribution >= 4 is 21.8 Å². The van der Waals surface area contributed by atoms with E-state index in [1.165, 1.54) is 19.1 Å². The Hall–Kier alpha value is -0.810. The highest BCUT2D eigenvalue weighted by Crippen LogP contribution is 2.31. The van der Waals surface area contributed by atoms with Crippen LogP contribution in [0, 0.1) is 5.92 Å². The van der Waals surface area contributed by atoms with Crippen LogP contribution in [0.2, 0.25) is 0 Å². The lowest BCUT2D eigenvalue weighted by Crippen LogP contribution is -2.38. The molecule has 82 valence electrons. The molecular formula is C10H13BrN2O2. The van der Waals surface area contributed by atoms with Crippen molar-refractivity contribution in [3.8, 4) is 0 Å². The molecule has 4 nitrogen and oxygen atoms in total. The van der Waals surface area contributed by atoms with E-state index in [1.54, 1.807) is 6.07 Å². The van der Waals surface area contributed by atoms with E-state index in [9.17, 15) is 4.79 Å².